The van der Waals surface area contributed by atoms with Crippen LogP contribution in [0.25, 0.3) is 0 Å². The van der Waals surface area contributed by atoms with E-state index in [9.17, 15) is 4.79 Å². The molecule has 0 aliphatic carbocycles. The van der Waals surface area contributed by atoms with Gasteiger partial charge in [0.05, 0.1) is 0 Å². The smallest absolute Gasteiger partial charge is 0.246 e. The molecule has 1 aromatic rings. The number of carbonyl (C=O) groups is 1. The van der Waals surface area contributed by atoms with Crippen molar-refractivity contribution in [2.75, 3.05) is 11.9 Å². The topological polar surface area (TPSA) is 29.5 Å². The van der Waals surface area contributed by atoms with Crippen LogP contribution in [0.1, 0.15) is 76.7 Å². The van der Waals surface area contributed by atoms with Crippen LogP contribution < -0.4 is 0 Å². The molecule has 0 N–H and O–H groups in total. The molecule has 0 fully saturated rings. The molecule has 4 heteroatoms. The highest BCUT2D eigenvalue weighted by Gasteiger charge is 2.13. The molecule has 1 amide bonds. The third-order valence-corrected chi connectivity index (χ3v) is 4.77. The number of hydrogen-bond acceptors (Lipinski definition) is 2. The van der Waals surface area contributed by atoms with E-state index in [2.05, 4.69) is 22.9 Å². The van der Waals surface area contributed by atoms with Gasteiger partial charge in [-0.15, -0.1) is 0 Å². The number of amides is 1. The van der Waals surface area contributed by atoms with E-state index in [1.165, 1.54) is 38.5 Å². The molecule has 0 heterocycles. The summed E-state index contributed by atoms with van der Waals surface area (Å²) in [6.45, 7) is 3.20. The van der Waals surface area contributed by atoms with Crippen molar-refractivity contribution in [2.24, 2.45) is 0 Å². The fourth-order valence-electron chi connectivity index (χ4n) is 2.75. The molecule has 1 rings (SSSR count). The number of halogens is 1. The average Bonchev–Trinajstić information content (AvgIpc) is 2.64. The number of hydrogen-bond donors (Lipinski definition) is 0. The minimum Gasteiger partial charge on any atom is -0.273 e. The van der Waals surface area contributed by atoms with Gasteiger partial charge in [-0.05, 0) is 24.8 Å². The van der Waals surface area contributed by atoms with Gasteiger partial charge in [0, 0.05) is 18.3 Å². The van der Waals surface area contributed by atoms with Crippen molar-refractivity contribution in [1.82, 2.24) is 5.06 Å². The van der Waals surface area contributed by atoms with Crippen molar-refractivity contribution in [3.63, 3.8) is 0 Å². The first-order chi connectivity index (χ1) is 12.3. The van der Waals surface area contributed by atoms with Crippen molar-refractivity contribution >= 4 is 21.8 Å². The number of alkyl halides is 1. The Kier molecular flexibility index (Phi) is 13.6. The van der Waals surface area contributed by atoms with Crippen molar-refractivity contribution in [2.45, 2.75) is 77.7 Å². The van der Waals surface area contributed by atoms with Gasteiger partial charge in [0.2, 0.25) is 5.91 Å². The fourth-order valence-corrected chi connectivity index (χ4v) is 3.14. The number of carbonyl (C=O) groups excluding carboxylic acids is 1. The number of unbranched alkanes of at least 4 members (excludes halogenated alkanes) is 7. The number of benzene rings is 1. The third kappa shape index (κ3) is 11.4. The van der Waals surface area contributed by atoms with Gasteiger partial charge >= 0.3 is 0 Å². The standard InChI is InChI=1S/C21H34BrNO2/c1-2-18-23(25-19-20-14-10-9-11-15-20)21(24)16-12-7-5-3-4-6-8-13-17-22/h9-11,14-15H,2-8,12-13,16-19H2,1H3. The molecule has 0 saturated carbocycles. The van der Waals surface area contributed by atoms with Gasteiger partial charge in [0.15, 0.2) is 0 Å². The Labute approximate surface area is 162 Å². The van der Waals surface area contributed by atoms with E-state index in [-0.39, 0.29) is 5.91 Å². The monoisotopic (exact) mass is 411 g/mol. The summed E-state index contributed by atoms with van der Waals surface area (Å²) >= 11 is 3.47. The molecule has 0 bridgehead atoms. The van der Waals surface area contributed by atoms with Crippen LogP contribution in [0.2, 0.25) is 0 Å². The Morgan fingerprint density at radius 1 is 0.960 bits per heavy atom. The first-order valence-electron chi connectivity index (χ1n) is 9.81. The summed E-state index contributed by atoms with van der Waals surface area (Å²) in [5.74, 6) is 0.120. The van der Waals surface area contributed by atoms with E-state index in [1.54, 1.807) is 5.06 Å². The highest BCUT2D eigenvalue weighted by molar-refractivity contribution is 9.09. The molecule has 0 radical (unpaired) electrons. The van der Waals surface area contributed by atoms with Crippen LogP contribution in [0.3, 0.4) is 0 Å². The number of nitrogens with zero attached hydrogens (tertiary/aromatic N) is 1. The van der Waals surface area contributed by atoms with Crippen LogP contribution in [0.15, 0.2) is 30.3 Å². The lowest BCUT2D eigenvalue weighted by Crippen LogP contribution is -2.31. The molecule has 0 aliphatic rings. The zero-order chi connectivity index (χ0) is 18.2. The van der Waals surface area contributed by atoms with Crippen molar-refractivity contribution < 1.29 is 9.63 Å². The Balaban J connectivity index is 2.14. The minimum absolute atomic E-state index is 0.120. The Morgan fingerprint density at radius 2 is 1.56 bits per heavy atom. The molecule has 0 saturated heterocycles. The summed E-state index contributed by atoms with van der Waals surface area (Å²) in [6.07, 6.45) is 11.4. The van der Waals surface area contributed by atoms with Crippen LogP contribution in [0.4, 0.5) is 0 Å². The molecule has 0 atom stereocenters. The average molecular weight is 412 g/mol. The van der Waals surface area contributed by atoms with Crippen molar-refractivity contribution in [3.05, 3.63) is 35.9 Å². The first-order valence-corrected chi connectivity index (χ1v) is 10.9. The lowest BCUT2D eigenvalue weighted by molar-refractivity contribution is -0.191. The van der Waals surface area contributed by atoms with Gasteiger partial charge in [0.1, 0.15) is 6.61 Å². The third-order valence-electron chi connectivity index (χ3n) is 4.21. The molecule has 142 valence electrons. The van der Waals surface area contributed by atoms with Gasteiger partial charge in [-0.3, -0.25) is 9.63 Å². The van der Waals surface area contributed by atoms with E-state index < -0.39 is 0 Å². The molecule has 1 aromatic carbocycles. The van der Waals surface area contributed by atoms with Crippen LogP contribution in [0, 0.1) is 0 Å². The van der Waals surface area contributed by atoms with E-state index in [1.807, 2.05) is 30.3 Å². The van der Waals surface area contributed by atoms with Gasteiger partial charge in [0.25, 0.3) is 0 Å². The molecule has 0 spiro atoms. The fraction of sp³-hybridized carbons (Fsp3) is 0.667. The van der Waals surface area contributed by atoms with Crippen LogP contribution >= 0.6 is 15.9 Å². The molecule has 0 aliphatic heterocycles. The lowest BCUT2D eigenvalue weighted by atomic mass is 10.1. The second kappa shape index (κ2) is 15.4. The molecule has 0 unspecified atom stereocenters. The van der Waals surface area contributed by atoms with Gasteiger partial charge in [-0.2, -0.15) is 0 Å². The number of rotatable bonds is 15. The predicted octanol–water partition coefficient (Wildman–Crippen LogP) is 6.26. The zero-order valence-electron chi connectivity index (χ0n) is 15.7. The number of hydroxylamine groups is 2. The summed E-state index contributed by atoms with van der Waals surface area (Å²) in [5.41, 5.74) is 1.09. The van der Waals surface area contributed by atoms with Crippen molar-refractivity contribution in [3.8, 4) is 0 Å². The Morgan fingerprint density at radius 3 is 2.16 bits per heavy atom. The maximum absolute atomic E-state index is 12.4. The van der Waals surface area contributed by atoms with Gasteiger partial charge in [-0.25, -0.2) is 5.06 Å². The second-order valence-electron chi connectivity index (χ2n) is 6.52. The van der Waals surface area contributed by atoms with E-state index >= 15 is 0 Å². The Bertz CT molecular complexity index is 439. The largest absolute Gasteiger partial charge is 0.273 e. The summed E-state index contributed by atoms with van der Waals surface area (Å²) < 4.78 is 0. The van der Waals surface area contributed by atoms with Gasteiger partial charge in [-0.1, -0.05) is 91.7 Å². The highest BCUT2D eigenvalue weighted by atomic mass is 79.9. The van der Waals surface area contributed by atoms with Crippen LogP contribution in [-0.2, 0) is 16.2 Å². The molecule has 25 heavy (non-hydrogen) atoms. The van der Waals surface area contributed by atoms with Gasteiger partial charge < -0.3 is 0 Å². The van der Waals surface area contributed by atoms with Crippen LogP contribution in [0.5, 0.6) is 0 Å². The summed E-state index contributed by atoms with van der Waals surface area (Å²) in [6, 6.07) is 10.0. The van der Waals surface area contributed by atoms with E-state index in [0.29, 0.717) is 19.6 Å². The lowest BCUT2D eigenvalue weighted by Gasteiger charge is -2.21. The quantitative estimate of drug-likeness (QED) is 0.193. The molecule has 0 aromatic heterocycles. The predicted molar refractivity (Wildman–Crippen MR) is 109 cm³/mol. The normalized spacial score (nSPS) is 10.8. The highest BCUT2D eigenvalue weighted by Crippen LogP contribution is 2.12. The molecular formula is C21H34BrNO2. The maximum Gasteiger partial charge on any atom is 0.246 e. The SMILES string of the molecule is CCCN(OCc1ccccc1)C(=O)CCCCCCCCCCBr. The van der Waals surface area contributed by atoms with E-state index in [4.69, 9.17) is 4.84 Å². The summed E-state index contributed by atoms with van der Waals surface area (Å²) in [5, 5.41) is 2.68. The van der Waals surface area contributed by atoms with E-state index in [0.717, 1.165) is 30.2 Å². The Hall–Kier alpha value is -0.870. The van der Waals surface area contributed by atoms with Crippen molar-refractivity contribution in [1.29, 1.82) is 0 Å². The second-order valence-corrected chi connectivity index (χ2v) is 7.32. The molecule has 3 nitrogen and oxygen atoms in total. The maximum atomic E-state index is 12.4. The van der Waals surface area contributed by atoms with Crippen LogP contribution in [-0.4, -0.2) is 22.8 Å². The summed E-state index contributed by atoms with van der Waals surface area (Å²) in [4.78, 5) is 18.1. The summed E-state index contributed by atoms with van der Waals surface area (Å²) in [7, 11) is 0. The minimum atomic E-state index is 0.120. The first kappa shape index (κ1) is 22.2. The molecular weight excluding hydrogens is 378 g/mol. The zero-order valence-corrected chi connectivity index (χ0v) is 17.3.